The Bertz CT molecular complexity index is 520. The highest BCUT2D eigenvalue weighted by Crippen LogP contribution is 2.19. The van der Waals surface area contributed by atoms with E-state index in [4.69, 9.17) is 0 Å². The zero-order valence-electron chi connectivity index (χ0n) is 11.0. The van der Waals surface area contributed by atoms with Gasteiger partial charge in [0.1, 0.15) is 5.82 Å². The standard InChI is InChI=1S/C14H18N4/c1-4-15-14-16-9-11(3)13(18-14)17-12-7-5-10(2)6-8-12/h5-9H,4H2,1-3H3,(H2,15,16,17,18). The Morgan fingerprint density at radius 2 is 1.83 bits per heavy atom. The maximum atomic E-state index is 4.45. The summed E-state index contributed by atoms with van der Waals surface area (Å²) in [5.41, 5.74) is 3.30. The molecule has 4 nitrogen and oxygen atoms in total. The monoisotopic (exact) mass is 242 g/mol. The molecule has 1 aromatic carbocycles. The summed E-state index contributed by atoms with van der Waals surface area (Å²) >= 11 is 0. The van der Waals surface area contributed by atoms with Crippen molar-refractivity contribution in [3.63, 3.8) is 0 Å². The van der Waals surface area contributed by atoms with Crippen molar-refractivity contribution in [1.82, 2.24) is 9.97 Å². The first-order valence-corrected chi connectivity index (χ1v) is 6.10. The average Bonchev–Trinajstić information content (AvgIpc) is 2.36. The molecule has 0 aliphatic carbocycles. The first-order chi connectivity index (χ1) is 8.69. The molecule has 1 heterocycles. The van der Waals surface area contributed by atoms with Gasteiger partial charge in [0.05, 0.1) is 0 Å². The molecule has 1 aromatic heterocycles. The molecule has 0 spiro atoms. The van der Waals surface area contributed by atoms with Gasteiger partial charge in [0.15, 0.2) is 0 Å². The van der Waals surface area contributed by atoms with Gasteiger partial charge in [-0.05, 0) is 32.9 Å². The minimum atomic E-state index is 0.651. The van der Waals surface area contributed by atoms with Crippen LogP contribution in [0, 0.1) is 13.8 Å². The molecule has 0 saturated carbocycles. The van der Waals surface area contributed by atoms with Crippen LogP contribution in [-0.4, -0.2) is 16.5 Å². The van der Waals surface area contributed by atoms with Crippen molar-refractivity contribution in [1.29, 1.82) is 0 Å². The molecular weight excluding hydrogens is 224 g/mol. The first-order valence-electron chi connectivity index (χ1n) is 6.10. The predicted molar refractivity (Wildman–Crippen MR) is 75.4 cm³/mol. The van der Waals surface area contributed by atoms with Gasteiger partial charge in [0.25, 0.3) is 0 Å². The molecule has 2 N–H and O–H groups in total. The van der Waals surface area contributed by atoms with Crippen LogP contribution in [0.25, 0.3) is 0 Å². The zero-order valence-corrected chi connectivity index (χ0v) is 11.0. The highest BCUT2D eigenvalue weighted by molar-refractivity contribution is 5.60. The maximum Gasteiger partial charge on any atom is 0.224 e. The van der Waals surface area contributed by atoms with Gasteiger partial charge in [-0.25, -0.2) is 4.98 Å². The molecule has 0 radical (unpaired) electrons. The van der Waals surface area contributed by atoms with E-state index in [0.29, 0.717) is 5.95 Å². The summed E-state index contributed by atoms with van der Waals surface area (Å²) in [4.78, 5) is 8.67. The number of hydrogen-bond donors (Lipinski definition) is 2. The summed E-state index contributed by atoms with van der Waals surface area (Å²) < 4.78 is 0. The number of anilines is 3. The van der Waals surface area contributed by atoms with Crippen LogP contribution in [-0.2, 0) is 0 Å². The summed E-state index contributed by atoms with van der Waals surface area (Å²) in [5, 5.41) is 6.41. The van der Waals surface area contributed by atoms with Crippen molar-refractivity contribution >= 4 is 17.5 Å². The summed E-state index contributed by atoms with van der Waals surface area (Å²) in [5.74, 6) is 1.49. The lowest BCUT2D eigenvalue weighted by Crippen LogP contribution is -2.05. The SMILES string of the molecule is CCNc1ncc(C)c(Nc2ccc(C)cc2)n1. The van der Waals surface area contributed by atoms with Crippen LogP contribution in [0.4, 0.5) is 17.5 Å². The van der Waals surface area contributed by atoms with Gasteiger partial charge >= 0.3 is 0 Å². The lowest BCUT2D eigenvalue weighted by Gasteiger charge is -2.10. The van der Waals surface area contributed by atoms with E-state index in [0.717, 1.165) is 23.6 Å². The van der Waals surface area contributed by atoms with E-state index in [1.165, 1.54) is 5.56 Å². The fourth-order valence-corrected chi connectivity index (χ4v) is 1.59. The third kappa shape index (κ3) is 2.97. The van der Waals surface area contributed by atoms with E-state index in [1.54, 1.807) is 0 Å². The van der Waals surface area contributed by atoms with Gasteiger partial charge in [-0.2, -0.15) is 4.98 Å². The number of benzene rings is 1. The van der Waals surface area contributed by atoms with Crippen LogP contribution >= 0.6 is 0 Å². The quantitative estimate of drug-likeness (QED) is 0.864. The lowest BCUT2D eigenvalue weighted by molar-refractivity contribution is 1.07. The molecular formula is C14H18N4. The molecule has 94 valence electrons. The second kappa shape index (κ2) is 5.49. The number of nitrogens with one attached hydrogen (secondary N) is 2. The van der Waals surface area contributed by atoms with Crippen molar-refractivity contribution in [2.75, 3.05) is 17.2 Å². The van der Waals surface area contributed by atoms with Crippen molar-refractivity contribution in [3.8, 4) is 0 Å². The van der Waals surface area contributed by atoms with Gasteiger partial charge in [0.2, 0.25) is 5.95 Å². The number of aryl methyl sites for hydroxylation is 2. The highest BCUT2D eigenvalue weighted by atomic mass is 15.1. The fraction of sp³-hybridized carbons (Fsp3) is 0.286. The molecule has 0 saturated heterocycles. The second-order valence-electron chi connectivity index (χ2n) is 4.25. The zero-order chi connectivity index (χ0) is 13.0. The fourth-order valence-electron chi connectivity index (χ4n) is 1.59. The Labute approximate surface area is 107 Å². The van der Waals surface area contributed by atoms with Gasteiger partial charge in [-0.3, -0.25) is 0 Å². The lowest BCUT2D eigenvalue weighted by atomic mass is 10.2. The molecule has 0 aliphatic heterocycles. The average molecular weight is 242 g/mol. The third-order valence-corrected chi connectivity index (χ3v) is 2.62. The van der Waals surface area contributed by atoms with Crippen molar-refractivity contribution in [2.45, 2.75) is 20.8 Å². The molecule has 0 bridgehead atoms. The second-order valence-corrected chi connectivity index (χ2v) is 4.25. The van der Waals surface area contributed by atoms with Gasteiger partial charge < -0.3 is 10.6 Å². The van der Waals surface area contributed by atoms with Crippen LogP contribution in [0.2, 0.25) is 0 Å². The van der Waals surface area contributed by atoms with E-state index in [9.17, 15) is 0 Å². The van der Waals surface area contributed by atoms with Crippen LogP contribution in [0.5, 0.6) is 0 Å². The topological polar surface area (TPSA) is 49.8 Å². The third-order valence-electron chi connectivity index (χ3n) is 2.62. The number of nitrogens with zero attached hydrogens (tertiary/aromatic N) is 2. The molecule has 2 rings (SSSR count). The summed E-state index contributed by atoms with van der Waals surface area (Å²) in [6, 6.07) is 8.24. The highest BCUT2D eigenvalue weighted by Gasteiger charge is 2.03. The minimum Gasteiger partial charge on any atom is -0.354 e. The summed E-state index contributed by atoms with van der Waals surface area (Å²) in [6.45, 7) is 6.90. The maximum absolute atomic E-state index is 4.45. The van der Waals surface area contributed by atoms with Crippen LogP contribution in [0.15, 0.2) is 30.5 Å². The van der Waals surface area contributed by atoms with E-state index in [-0.39, 0.29) is 0 Å². The number of hydrogen-bond acceptors (Lipinski definition) is 4. The largest absolute Gasteiger partial charge is 0.354 e. The van der Waals surface area contributed by atoms with Gasteiger partial charge in [-0.1, -0.05) is 17.7 Å². The Kier molecular flexibility index (Phi) is 3.77. The van der Waals surface area contributed by atoms with E-state index >= 15 is 0 Å². The Hall–Kier alpha value is -2.10. The Morgan fingerprint density at radius 1 is 1.11 bits per heavy atom. The molecule has 0 aliphatic rings. The number of rotatable bonds is 4. The molecule has 0 amide bonds. The van der Waals surface area contributed by atoms with Crippen molar-refractivity contribution in [2.24, 2.45) is 0 Å². The van der Waals surface area contributed by atoms with E-state index in [1.807, 2.05) is 32.2 Å². The normalized spacial score (nSPS) is 10.2. The molecule has 18 heavy (non-hydrogen) atoms. The molecule has 0 unspecified atom stereocenters. The summed E-state index contributed by atoms with van der Waals surface area (Å²) in [7, 11) is 0. The molecule has 0 atom stereocenters. The smallest absolute Gasteiger partial charge is 0.224 e. The van der Waals surface area contributed by atoms with Crippen LogP contribution < -0.4 is 10.6 Å². The molecule has 0 fully saturated rings. The van der Waals surface area contributed by atoms with Gasteiger partial charge in [-0.15, -0.1) is 0 Å². The van der Waals surface area contributed by atoms with Crippen molar-refractivity contribution in [3.05, 3.63) is 41.6 Å². The minimum absolute atomic E-state index is 0.651. The molecule has 2 aromatic rings. The van der Waals surface area contributed by atoms with Crippen LogP contribution in [0.1, 0.15) is 18.1 Å². The van der Waals surface area contributed by atoms with Crippen molar-refractivity contribution < 1.29 is 0 Å². The Balaban J connectivity index is 2.22. The number of aromatic nitrogens is 2. The predicted octanol–water partition coefficient (Wildman–Crippen LogP) is 3.27. The first kappa shape index (κ1) is 12.4. The summed E-state index contributed by atoms with van der Waals surface area (Å²) in [6.07, 6.45) is 1.82. The van der Waals surface area contributed by atoms with Crippen LogP contribution in [0.3, 0.4) is 0 Å². The van der Waals surface area contributed by atoms with Gasteiger partial charge in [0, 0.05) is 24.0 Å². The Morgan fingerprint density at radius 3 is 2.50 bits per heavy atom. The molecule has 4 heteroatoms. The van der Waals surface area contributed by atoms with E-state index in [2.05, 4.69) is 39.7 Å². The van der Waals surface area contributed by atoms with E-state index < -0.39 is 0 Å².